The zero-order valence-corrected chi connectivity index (χ0v) is 19.9. The number of nitrogens with zero attached hydrogens (tertiary/aromatic N) is 1. The number of hydrogen-bond acceptors (Lipinski definition) is 6. The summed E-state index contributed by atoms with van der Waals surface area (Å²) in [4.78, 5) is 27.9. The minimum Gasteiger partial charge on any atom is -0.424 e. The number of esters is 1. The number of carbonyl (C=O) groups is 2. The van der Waals surface area contributed by atoms with Crippen molar-refractivity contribution in [3.63, 3.8) is 0 Å². The maximum atomic E-state index is 12.3. The zero-order chi connectivity index (χ0) is 20.3. The van der Waals surface area contributed by atoms with Crippen molar-refractivity contribution >= 4 is 88.5 Å². The molecule has 0 aliphatic carbocycles. The fraction of sp³-hybridized carbons (Fsp3) is 0.105. The molecule has 1 heterocycles. The van der Waals surface area contributed by atoms with E-state index in [1.165, 1.54) is 18.7 Å². The van der Waals surface area contributed by atoms with Crippen LogP contribution in [0.3, 0.4) is 0 Å². The number of carbonyl (C=O) groups excluding carboxylic acids is 2. The molecule has 0 spiro atoms. The highest BCUT2D eigenvalue weighted by molar-refractivity contribution is 9.11. The van der Waals surface area contributed by atoms with Crippen molar-refractivity contribution in [2.45, 2.75) is 12.7 Å². The molecule has 0 saturated carbocycles. The van der Waals surface area contributed by atoms with Crippen LogP contribution in [0.4, 0.5) is 0 Å². The molecule has 0 amide bonds. The van der Waals surface area contributed by atoms with Crippen molar-refractivity contribution in [3.05, 3.63) is 67.2 Å². The van der Waals surface area contributed by atoms with Crippen LogP contribution in [0.15, 0.2) is 56.0 Å². The summed E-state index contributed by atoms with van der Waals surface area (Å²) >= 11 is 15.5. The highest BCUT2D eigenvalue weighted by atomic mass is 79.9. The molecule has 28 heavy (non-hydrogen) atoms. The van der Waals surface area contributed by atoms with Crippen molar-refractivity contribution in [1.82, 2.24) is 0 Å². The normalized spacial score (nSPS) is 15.1. The van der Waals surface area contributed by atoms with Crippen LogP contribution in [0.1, 0.15) is 18.1 Å². The third-order valence-corrected chi connectivity index (χ3v) is 7.08. The molecule has 0 N–H and O–H groups in total. The zero-order valence-electron chi connectivity index (χ0n) is 14.4. The molecule has 1 aliphatic heterocycles. The first kappa shape index (κ1) is 21.6. The lowest BCUT2D eigenvalue weighted by Gasteiger charge is -2.08. The number of hydrogen-bond donors (Lipinski definition) is 0. The quantitative estimate of drug-likeness (QED) is 0.236. The molecular formula is C19H12Br2ClNO3S2. The minimum absolute atomic E-state index is 0.113. The lowest BCUT2D eigenvalue weighted by Crippen LogP contribution is -2.02. The lowest BCUT2D eigenvalue weighted by molar-refractivity contribution is -0.132. The van der Waals surface area contributed by atoms with E-state index in [-0.39, 0.29) is 5.12 Å². The highest BCUT2D eigenvalue weighted by Gasteiger charge is 2.23. The topological polar surface area (TPSA) is 55.7 Å². The summed E-state index contributed by atoms with van der Waals surface area (Å²) in [5.74, 6) is 0.612. The smallest absolute Gasteiger partial charge is 0.308 e. The first-order chi connectivity index (χ1) is 13.3. The number of halogens is 3. The molecule has 1 aliphatic rings. The number of rotatable bonds is 4. The number of benzene rings is 2. The summed E-state index contributed by atoms with van der Waals surface area (Å²) in [6.45, 7) is 1.33. The predicted octanol–water partition coefficient (Wildman–Crippen LogP) is 6.69. The van der Waals surface area contributed by atoms with Crippen LogP contribution in [0, 0.1) is 0 Å². The molecule has 4 nitrogen and oxygen atoms in total. The fourth-order valence-corrected chi connectivity index (χ4v) is 5.78. The van der Waals surface area contributed by atoms with Gasteiger partial charge in [0, 0.05) is 17.7 Å². The van der Waals surface area contributed by atoms with Gasteiger partial charge in [-0.15, -0.1) is 0 Å². The van der Waals surface area contributed by atoms with Gasteiger partial charge in [-0.2, -0.15) is 0 Å². The Kier molecular flexibility index (Phi) is 7.44. The standard InChI is InChI=1S/C19H12Br2ClNO3S2/c1-10(24)26-17-13(20)6-11(7-14(17)21)8-16-18(25)28-19(23-16)27-9-12-4-2-3-5-15(12)22/h2-8H,9H2,1H3/b16-8+. The molecule has 0 fully saturated rings. The number of aliphatic imine (C=N–C) groups is 1. The molecule has 9 heteroatoms. The monoisotopic (exact) mass is 559 g/mol. The second kappa shape index (κ2) is 9.63. The largest absolute Gasteiger partial charge is 0.424 e. The van der Waals surface area contributed by atoms with E-state index in [4.69, 9.17) is 16.3 Å². The van der Waals surface area contributed by atoms with Gasteiger partial charge in [0.15, 0.2) is 5.75 Å². The molecule has 2 aromatic rings. The van der Waals surface area contributed by atoms with E-state index in [0.717, 1.165) is 22.9 Å². The highest BCUT2D eigenvalue weighted by Crippen LogP contribution is 2.37. The summed E-state index contributed by atoms with van der Waals surface area (Å²) in [6.07, 6.45) is 1.70. The van der Waals surface area contributed by atoms with Crippen molar-refractivity contribution in [2.75, 3.05) is 0 Å². The number of ether oxygens (including phenoxy) is 1. The Morgan fingerprint density at radius 3 is 2.61 bits per heavy atom. The molecule has 2 aromatic carbocycles. The van der Waals surface area contributed by atoms with Gasteiger partial charge in [0.1, 0.15) is 10.1 Å². The van der Waals surface area contributed by atoms with E-state index in [2.05, 4.69) is 36.9 Å². The van der Waals surface area contributed by atoms with Gasteiger partial charge in [-0.3, -0.25) is 9.59 Å². The van der Waals surface area contributed by atoms with Gasteiger partial charge in [0.2, 0.25) is 5.12 Å². The first-order valence-electron chi connectivity index (χ1n) is 7.89. The molecule has 0 radical (unpaired) electrons. The molecule has 3 rings (SSSR count). The lowest BCUT2D eigenvalue weighted by atomic mass is 10.2. The SMILES string of the molecule is CC(=O)Oc1c(Br)cc(/C=C2/N=C(SCc3ccccc3Cl)SC2=O)cc1Br. The molecule has 0 aromatic heterocycles. The van der Waals surface area contributed by atoms with E-state index < -0.39 is 5.97 Å². The van der Waals surface area contributed by atoms with Crippen molar-refractivity contribution < 1.29 is 14.3 Å². The van der Waals surface area contributed by atoms with Gasteiger partial charge in [-0.25, -0.2) is 4.99 Å². The molecule has 0 unspecified atom stereocenters. The predicted molar refractivity (Wildman–Crippen MR) is 124 cm³/mol. The minimum atomic E-state index is -0.417. The molecular weight excluding hydrogens is 550 g/mol. The van der Waals surface area contributed by atoms with Crippen LogP contribution in [0.2, 0.25) is 5.02 Å². The second-order valence-electron chi connectivity index (χ2n) is 5.58. The molecule has 144 valence electrons. The van der Waals surface area contributed by atoms with Crippen molar-refractivity contribution in [1.29, 1.82) is 0 Å². The van der Waals surface area contributed by atoms with Crippen LogP contribution in [0.5, 0.6) is 5.75 Å². The van der Waals surface area contributed by atoms with Gasteiger partial charge in [-0.05, 0) is 79.0 Å². The Bertz CT molecular complexity index is 1000. The third-order valence-electron chi connectivity index (χ3n) is 3.48. The van der Waals surface area contributed by atoms with Gasteiger partial charge in [0.25, 0.3) is 0 Å². The Morgan fingerprint density at radius 1 is 1.29 bits per heavy atom. The summed E-state index contributed by atoms with van der Waals surface area (Å²) in [6, 6.07) is 11.1. The number of thioether (sulfide) groups is 2. The Labute approximate surface area is 192 Å². The second-order valence-corrected chi connectivity index (χ2v) is 9.88. The van der Waals surface area contributed by atoms with Gasteiger partial charge < -0.3 is 4.74 Å². The summed E-state index contributed by atoms with van der Waals surface area (Å²) in [5.41, 5.74) is 2.11. The maximum Gasteiger partial charge on any atom is 0.308 e. The van der Waals surface area contributed by atoms with Crippen LogP contribution in [0.25, 0.3) is 6.08 Å². The first-order valence-corrected chi connectivity index (χ1v) is 11.7. The average Bonchev–Trinajstić information content (AvgIpc) is 2.97. The van der Waals surface area contributed by atoms with Crippen molar-refractivity contribution in [2.24, 2.45) is 4.99 Å². The van der Waals surface area contributed by atoms with Crippen LogP contribution in [-0.2, 0) is 15.3 Å². The summed E-state index contributed by atoms with van der Waals surface area (Å²) < 4.78 is 7.04. The van der Waals surface area contributed by atoms with E-state index in [1.54, 1.807) is 18.2 Å². The van der Waals surface area contributed by atoms with Gasteiger partial charge in [0.05, 0.1) is 8.95 Å². The summed E-state index contributed by atoms with van der Waals surface area (Å²) in [5, 5.41) is 0.584. The van der Waals surface area contributed by atoms with Crippen LogP contribution in [-0.4, -0.2) is 15.5 Å². The van der Waals surface area contributed by atoms with Gasteiger partial charge in [-0.1, -0.05) is 41.6 Å². The van der Waals surface area contributed by atoms with Crippen LogP contribution >= 0.6 is 67.0 Å². The van der Waals surface area contributed by atoms with Gasteiger partial charge >= 0.3 is 5.97 Å². The maximum absolute atomic E-state index is 12.3. The van der Waals surface area contributed by atoms with E-state index in [9.17, 15) is 9.59 Å². The molecule has 0 atom stereocenters. The Morgan fingerprint density at radius 2 is 1.96 bits per heavy atom. The fourth-order valence-electron chi connectivity index (χ4n) is 2.27. The van der Waals surface area contributed by atoms with Crippen LogP contribution < -0.4 is 4.74 Å². The summed E-state index contributed by atoms with van der Waals surface area (Å²) in [7, 11) is 0. The Balaban J connectivity index is 1.77. The molecule has 0 saturated heterocycles. The average molecular weight is 562 g/mol. The van der Waals surface area contributed by atoms with E-state index in [1.807, 2.05) is 24.3 Å². The third kappa shape index (κ3) is 5.51. The van der Waals surface area contributed by atoms with E-state index >= 15 is 0 Å². The van der Waals surface area contributed by atoms with E-state index in [0.29, 0.717) is 35.5 Å². The van der Waals surface area contributed by atoms with Crippen molar-refractivity contribution in [3.8, 4) is 5.75 Å². The molecule has 0 bridgehead atoms. The Hall–Kier alpha value is -1.06.